The van der Waals surface area contributed by atoms with Gasteiger partial charge in [0.1, 0.15) is 23.1 Å². The topological polar surface area (TPSA) is 26.3 Å². The summed E-state index contributed by atoms with van der Waals surface area (Å²) >= 11 is 5.28. The third-order valence-electron chi connectivity index (χ3n) is 1.68. The molecule has 1 rings (SSSR count). The second-order valence-electron chi connectivity index (χ2n) is 2.81. The first kappa shape index (κ1) is 12.5. The highest BCUT2D eigenvalue weighted by Gasteiger charge is 2.07. The third kappa shape index (κ3) is 3.21. The van der Waals surface area contributed by atoms with Gasteiger partial charge in [-0.15, -0.1) is 0 Å². The third-order valence-corrected chi connectivity index (χ3v) is 2.04. The van der Waals surface area contributed by atoms with Gasteiger partial charge in [0.2, 0.25) is 0 Å². The van der Waals surface area contributed by atoms with E-state index in [0.717, 1.165) is 12.1 Å². The van der Waals surface area contributed by atoms with Crippen molar-refractivity contribution in [2.75, 3.05) is 7.11 Å². The molecule has 2 nitrogen and oxygen atoms in total. The van der Waals surface area contributed by atoms with E-state index in [2.05, 4.69) is 16.6 Å². The summed E-state index contributed by atoms with van der Waals surface area (Å²) in [6.45, 7) is 0. The number of ether oxygens (including phenoxy) is 1. The monoisotopic (exact) mass is 244 g/mol. The Bertz CT molecular complexity index is 452. The van der Waals surface area contributed by atoms with Crippen molar-refractivity contribution in [1.82, 2.24) is 0 Å². The van der Waals surface area contributed by atoms with Crippen LogP contribution in [0.25, 0.3) is 0 Å². The maximum atomic E-state index is 13.0. The van der Waals surface area contributed by atoms with E-state index in [0.29, 0.717) is 0 Å². The zero-order valence-corrected chi connectivity index (χ0v) is 9.07. The zero-order valence-electron chi connectivity index (χ0n) is 8.31. The van der Waals surface area contributed by atoms with Gasteiger partial charge in [0.15, 0.2) is 0 Å². The van der Waals surface area contributed by atoms with Crippen molar-refractivity contribution in [3.8, 4) is 11.8 Å². The van der Waals surface area contributed by atoms with E-state index in [9.17, 15) is 13.6 Å². The second-order valence-corrected chi connectivity index (χ2v) is 3.19. The number of rotatable bonds is 1. The van der Waals surface area contributed by atoms with Gasteiger partial charge in [-0.3, -0.25) is 4.79 Å². The molecule has 0 saturated heterocycles. The number of hydrogen-bond acceptors (Lipinski definition) is 2. The molecule has 0 aromatic heterocycles. The second kappa shape index (κ2) is 5.47. The predicted molar refractivity (Wildman–Crippen MR) is 54.9 cm³/mol. The summed E-state index contributed by atoms with van der Waals surface area (Å²) in [6, 6.07) is 1.99. The highest BCUT2D eigenvalue weighted by molar-refractivity contribution is 6.30. The fourth-order valence-corrected chi connectivity index (χ4v) is 1.03. The average molecular weight is 245 g/mol. The summed E-state index contributed by atoms with van der Waals surface area (Å²) in [6.07, 6.45) is -0.137. The molecule has 0 heterocycles. The van der Waals surface area contributed by atoms with E-state index < -0.39 is 22.6 Å². The van der Waals surface area contributed by atoms with Crippen LogP contribution in [0, 0.1) is 23.5 Å². The van der Waals surface area contributed by atoms with Crippen molar-refractivity contribution >= 4 is 17.6 Å². The molecular formula is C11H7ClF2O2. The van der Waals surface area contributed by atoms with Gasteiger partial charge < -0.3 is 4.74 Å². The van der Waals surface area contributed by atoms with Crippen LogP contribution >= 0.6 is 11.6 Å². The van der Waals surface area contributed by atoms with E-state index in [1.807, 2.05) is 0 Å². The van der Waals surface area contributed by atoms with Crippen LogP contribution in [-0.2, 0) is 9.53 Å². The fraction of sp³-hybridized carbons (Fsp3) is 0.182. The Morgan fingerprint density at radius 1 is 1.44 bits per heavy atom. The predicted octanol–water partition coefficient (Wildman–Crippen LogP) is 2.53. The molecule has 16 heavy (non-hydrogen) atoms. The van der Waals surface area contributed by atoms with Gasteiger partial charge in [-0.05, 0) is 12.1 Å². The molecule has 0 aliphatic heterocycles. The first-order valence-corrected chi connectivity index (χ1v) is 4.62. The number of benzene rings is 1. The maximum Gasteiger partial charge on any atom is 0.317 e. The highest BCUT2D eigenvalue weighted by atomic mass is 35.5. The fourth-order valence-electron chi connectivity index (χ4n) is 0.918. The van der Waals surface area contributed by atoms with Crippen LogP contribution in [0.4, 0.5) is 8.78 Å². The van der Waals surface area contributed by atoms with Gasteiger partial charge in [-0.25, -0.2) is 8.78 Å². The van der Waals surface area contributed by atoms with Crippen LogP contribution in [-0.4, -0.2) is 13.1 Å². The number of halogens is 3. The number of esters is 1. The van der Waals surface area contributed by atoms with Gasteiger partial charge in [0.25, 0.3) is 0 Å². The number of carbonyl (C=O) groups is 1. The lowest BCUT2D eigenvalue weighted by molar-refractivity contribution is -0.139. The zero-order chi connectivity index (χ0) is 12.1. The molecule has 0 fully saturated rings. The molecule has 0 radical (unpaired) electrons. The Kier molecular flexibility index (Phi) is 4.27. The van der Waals surface area contributed by atoms with Crippen LogP contribution in [0.1, 0.15) is 12.0 Å². The lowest BCUT2D eigenvalue weighted by Crippen LogP contribution is -1.97. The molecule has 0 bridgehead atoms. The molecule has 0 saturated carbocycles. The quantitative estimate of drug-likeness (QED) is 0.431. The molecule has 0 aliphatic rings. The largest absolute Gasteiger partial charge is 0.468 e. The molecular weight excluding hydrogens is 238 g/mol. The summed E-state index contributed by atoms with van der Waals surface area (Å²) < 4.78 is 30.3. The van der Waals surface area contributed by atoms with Crippen molar-refractivity contribution in [3.63, 3.8) is 0 Å². The average Bonchev–Trinajstić information content (AvgIpc) is 2.25. The van der Waals surface area contributed by atoms with Gasteiger partial charge in [-0.2, -0.15) is 0 Å². The molecule has 0 spiro atoms. The summed E-state index contributed by atoms with van der Waals surface area (Å²) in [5.41, 5.74) is 0.114. The Morgan fingerprint density at radius 3 is 2.50 bits per heavy atom. The standard InChI is InChI=1S/C11H7ClF2O2/c1-16-10(15)4-2-3-7-5-8(13)11(12)9(14)6-7/h5-6H,4H2,1H3. The van der Waals surface area contributed by atoms with Crippen LogP contribution in [0.2, 0.25) is 5.02 Å². The van der Waals surface area contributed by atoms with Crippen LogP contribution in [0.3, 0.4) is 0 Å². The van der Waals surface area contributed by atoms with Crippen molar-refractivity contribution < 1.29 is 18.3 Å². The van der Waals surface area contributed by atoms with Crippen molar-refractivity contribution in [3.05, 3.63) is 34.4 Å². The minimum Gasteiger partial charge on any atom is -0.468 e. The highest BCUT2D eigenvalue weighted by Crippen LogP contribution is 2.19. The molecule has 1 aromatic carbocycles. The van der Waals surface area contributed by atoms with Gasteiger partial charge in [0, 0.05) is 5.56 Å². The molecule has 0 atom stereocenters. The van der Waals surface area contributed by atoms with Crippen molar-refractivity contribution in [1.29, 1.82) is 0 Å². The van der Waals surface area contributed by atoms with Crippen LogP contribution < -0.4 is 0 Å². The first-order chi connectivity index (χ1) is 7.54. The van der Waals surface area contributed by atoms with Gasteiger partial charge >= 0.3 is 5.97 Å². The SMILES string of the molecule is COC(=O)CC#Cc1cc(F)c(Cl)c(F)c1. The van der Waals surface area contributed by atoms with Crippen LogP contribution in [0.15, 0.2) is 12.1 Å². The minimum atomic E-state index is -0.885. The number of methoxy groups -OCH3 is 1. The lowest BCUT2D eigenvalue weighted by atomic mass is 10.2. The summed E-state index contributed by atoms with van der Waals surface area (Å²) in [4.78, 5) is 10.7. The van der Waals surface area contributed by atoms with Gasteiger partial charge in [0.05, 0.1) is 7.11 Å². The minimum absolute atomic E-state index is 0.114. The Labute approximate surface area is 96.2 Å². The molecule has 0 N–H and O–H groups in total. The van der Waals surface area contributed by atoms with Crippen LogP contribution in [0.5, 0.6) is 0 Å². The summed E-state index contributed by atoms with van der Waals surface area (Å²) in [5.74, 6) is 2.57. The van der Waals surface area contributed by atoms with Crippen molar-refractivity contribution in [2.24, 2.45) is 0 Å². The van der Waals surface area contributed by atoms with Gasteiger partial charge in [-0.1, -0.05) is 23.4 Å². The van der Waals surface area contributed by atoms with E-state index >= 15 is 0 Å². The lowest BCUT2D eigenvalue weighted by Gasteiger charge is -1.97. The normalized spacial score (nSPS) is 9.25. The summed E-state index contributed by atoms with van der Waals surface area (Å²) in [5, 5.41) is -0.571. The maximum absolute atomic E-state index is 13.0. The Balaban J connectivity index is 2.86. The first-order valence-electron chi connectivity index (χ1n) is 4.25. The molecule has 0 unspecified atom stereocenters. The Morgan fingerprint density at radius 2 is 2.00 bits per heavy atom. The molecule has 0 amide bonds. The molecule has 0 aliphatic carbocycles. The molecule has 84 valence electrons. The van der Waals surface area contributed by atoms with E-state index in [1.165, 1.54) is 7.11 Å². The van der Waals surface area contributed by atoms with E-state index in [-0.39, 0.29) is 12.0 Å². The number of hydrogen-bond donors (Lipinski definition) is 0. The smallest absolute Gasteiger partial charge is 0.317 e. The molecule has 5 heteroatoms. The number of carbonyl (C=O) groups excluding carboxylic acids is 1. The Hall–Kier alpha value is -1.60. The molecule has 1 aromatic rings. The van der Waals surface area contributed by atoms with E-state index in [4.69, 9.17) is 11.6 Å². The van der Waals surface area contributed by atoms with E-state index in [1.54, 1.807) is 0 Å². The summed E-state index contributed by atoms with van der Waals surface area (Å²) in [7, 11) is 1.23. The van der Waals surface area contributed by atoms with Crippen molar-refractivity contribution in [2.45, 2.75) is 6.42 Å².